The number of aryl methyl sites for hydroxylation is 2. The number of carboxylic acid groups (broad SMARTS) is 1. The molecule has 16 heavy (non-hydrogen) atoms. The van der Waals surface area contributed by atoms with Crippen molar-refractivity contribution < 1.29 is 14.6 Å². The Bertz CT molecular complexity index is 325. The molecule has 1 aromatic heterocycles. The molecule has 1 rings (SSSR count). The number of methoxy groups -OCH3 is 1. The van der Waals surface area contributed by atoms with Crippen LogP contribution in [0.3, 0.4) is 0 Å². The Hall–Kier alpha value is -1.43. The Labute approximate surface area is 94.2 Å². The molecule has 0 aliphatic rings. The van der Waals surface area contributed by atoms with Crippen LogP contribution in [0.4, 0.5) is 0 Å². The highest BCUT2D eigenvalue weighted by Crippen LogP contribution is 2.00. The maximum absolute atomic E-state index is 10.4. The van der Waals surface area contributed by atoms with Crippen molar-refractivity contribution in [1.29, 1.82) is 0 Å². The number of carboxylic acids is 1. The Kier molecular flexibility index (Phi) is 5.49. The van der Waals surface area contributed by atoms with Gasteiger partial charge in [-0.3, -0.25) is 9.48 Å². The summed E-state index contributed by atoms with van der Waals surface area (Å²) in [4.78, 5) is 10.4. The van der Waals surface area contributed by atoms with Crippen LogP contribution < -0.4 is 0 Å². The van der Waals surface area contributed by atoms with Crippen LogP contribution in [-0.4, -0.2) is 39.8 Å². The third-order valence-electron chi connectivity index (χ3n) is 2.17. The van der Waals surface area contributed by atoms with Crippen molar-refractivity contribution in [2.75, 3.05) is 13.7 Å². The van der Waals surface area contributed by atoms with E-state index < -0.39 is 5.97 Å². The lowest BCUT2D eigenvalue weighted by atomic mass is 10.2. The number of rotatable bonds is 8. The fourth-order valence-corrected chi connectivity index (χ4v) is 1.32. The molecule has 0 amide bonds. The molecule has 0 saturated heterocycles. The molecule has 0 spiro atoms. The molecule has 0 radical (unpaired) electrons. The molecule has 0 bridgehead atoms. The Morgan fingerprint density at radius 2 is 2.38 bits per heavy atom. The Morgan fingerprint density at radius 3 is 3.06 bits per heavy atom. The van der Waals surface area contributed by atoms with Crippen molar-refractivity contribution >= 4 is 5.97 Å². The molecule has 1 N–H and O–H groups in total. The average Bonchev–Trinajstić information content (AvgIpc) is 2.70. The van der Waals surface area contributed by atoms with E-state index in [2.05, 4.69) is 10.3 Å². The van der Waals surface area contributed by atoms with Crippen molar-refractivity contribution in [3.8, 4) is 0 Å². The van der Waals surface area contributed by atoms with E-state index in [-0.39, 0.29) is 6.42 Å². The molecule has 6 nitrogen and oxygen atoms in total. The van der Waals surface area contributed by atoms with Crippen LogP contribution in [0.25, 0.3) is 0 Å². The van der Waals surface area contributed by atoms with Gasteiger partial charge in [-0.05, 0) is 12.8 Å². The van der Waals surface area contributed by atoms with E-state index in [1.165, 1.54) is 0 Å². The van der Waals surface area contributed by atoms with Gasteiger partial charge in [-0.1, -0.05) is 5.21 Å². The molecule has 0 aromatic carbocycles. The highest BCUT2D eigenvalue weighted by atomic mass is 16.5. The van der Waals surface area contributed by atoms with Gasteiger partial charge in [-0.25, -0.2) is 0 Å². The van der Waals surface area contributed by atoms with Gasteiger partial charge < -0.3 is 9.84 Å². The third-order valence-corrected chi connectivity index (χ3v) is 2.17. The highest BCUT2D eigenvalue weighted by molar-refractivity contribution is 5.66. The number of aromatic nitrogens is 3. The first-order chi connectivity index (χ1) is 7.72. The number of nitrogens with zero attached hydrogens (tertiary/aromatic N) is 3. The number of ether oxygens (including phenoxy) is 1. The molecule has 0 fully saturated rings. The molecule has 6 heteroatoms. The number of unbranched alkanes of at least 4 members (excludes halogenated alkanes) is 1. The van der Waals surface area contributed by atoms with Crippen LogP contribution in [0.5, 0.6) is 0 Å². The normalized spacial score (nSPS) is 10.6. The fraction of sp³-hybridized carbons (Fsp3) is 0.700. The van der Waals surface area contributed by atoms with Crippen molar-refractivity contribution in [3.05, 3.63) is 11.9 Å². The highest BCUT2D eigenvalue weighted by Gasteiger charge is 2.03. The molecule has 0 unspecified atom stereocenters. The van der Waals surface area contributed by atoms with Gasteiger partial charge in [0.2, 0.25) is 0 Å². The minimum Gasteiger partial charge on any atom is -0.481 e. The summed E-state index contributed by atoms with van der Waals surface area (Å²) in [7, 11) is 1.68. The van der Waals surface area contributed by atoms with Crippen LogP contribution in [0.2, 0.25) is 0 Å². The molecule has 0 atom stereocenters. The van der Waals surface area contributed by atoms with Gasteiger partial charge in [0, 0.05) is 32.9 Å². The second-order valence-electron chi connectivity index (χ2n) is 3.57. The summed E-state index contributed by atoms with van der Waals surface area (Å²) in [5.41, 5.74) is 0.731. The maximum atomic E-state index is 10.4. The number of hydrogen-bond acceptors (Lipinski definition) is 4. The summed E-state index contributed by atoms with van der Waals surface area (Å²) in [6, 6.07) is 0. The summed E-state index contributed by atoms with van der Waals surface area (Å²) in [6.07, 6.45) is 4.31. The van der Waals surface area contributed by atoms with Crippen LogP contribution in [0.1, 0.15) is 25.0 Å². The molecule has 0 saturated carbocycles. The summed E-state index contributed by atoms with van der Waals surface area (Å²) < 4.78 is 6.68. The smallest absolute Gasteiger partial charge is 0.303 e. The zero-order valence-electron chi connectivity index (χ0n) is 9.43. The Morgan fingerprint density at radius 1 is 1.56 bits per heavy atom. The van der Waals surface area contributed by atoms with Crippen LogP contribution >= 0.6 is 0 Å². The molecule has 0 aliphatic carbocycles. The third kappa shape index (κ3) is 4.88. The van der Waals surface area contributed by atoms with Gasteiger partial charge in [-0.15, -0.1) is 5.10 Å². The minimum absolute atomic E-state index is 0.0996. The van der Waals surface area contributed by atoms with E-state index >= 15 is 0 Å². The van der Waals surface area contributed by atoms with Gasteiger partial charge in [0.25, 0.3) is 0 Å². The number of hydrogen-bond donors (Lipinski definition) is 1. The first-order valence-electron chi connectivity index (χ1n) is 5.32. The quantitative estimate of drug-likeness (QED) is 0.662. The van der Waals surface area contributed by atoms with E-state index in [0.29, 0.717) is 6.42 Å². The largest absolute Gasteiger partial charge is 0.481 e. The predicted octanol–water partition coefficient (Wildman–Crippen LogP) is 0.722. The first-order valence-corrected chi connectivity index (χ1v) is 5.32. The van der Waals surface area contributed by atoms with Gasteiger partial charge in [0.1, 0.15) is 0 Å². The lowest BCUT2D eigenvalue weighted by molar-refractivity contribution is -0.136. The lowest BCUT2D eigenvalue weighted by Gasteiger charge is -1.99. The van der Waals surface area contributed by atoms with E-state index in [1.54, 1.807) is 18.0 Å². The molecule has 1 heterocycles. The molecule has 0 aliphatic heterocycles. The van der Waals surface area contributed by atoms with E-state index in [1.807, 2.05) is 0 Å². The van der Waals surface area contributed by atoms with Gasteiger partial charge >= 0.3 is 5.97 Å². The summed E-state index contributed by atoms with van der Waals surface area (Å²) in [5.74, 6) is -0.811. The zero-order chi connectivity index (χ0) is 11.8. The van der Waals surface area contributed by atoms with Crippen molar-refractivity contribution in [1.82, 2.24) is 15.0 Å². The van der Waals surface area contributed by atoms with E-state index in [4.69, 9.17) is 9.84 Å². The standard InChI is InChI=1S/C10H17N3O3/c1-16-7-3-2-6-13-8-9(11-12-13)4-5-10(14)15/h8H,2-7H2,1H3,(H,14,15). The zero-order valence-corrected chi connectivity index (χ0v) is 9.43. The van der Waals surface area contributed by atoms with Crippen molar-refractivity contribution in [2.45, 2.75) is 32.2 Å². The van der Waals surface area contributed by atoms with Crippen LogP contribution in [0, 0.1) is 0 Å². The molecule has 1 aromatic rings. The summed E-state index contributed by atoms with van der Waals surface area (Å²) >= 11 is 0. The summed E-state index contributed by atoms with van der Waals surface area (Å²) in [6.45, 7) is 1.55. The van der Waals surface area contributed by atoms with E-state index in [9.17, 15) is 4.79 Å². The minimum atomic E-state index is -0.811. The molecular formula is C10H17N3O3. The lowest BCUT2D eigenvalue weighted by Crippen LogP contribution is -2.00. The predicted molar refractivity (Wildman–Crippen MR) is 57.1 cm³/mol. The Balaban J connectivity index is 2.25. The number of carbonyl (C=O) groups is 1. The summed E-state index contributed by atoms with van der Waals surface area (Å²) in [5, 5.41) is 16.3. The second kappa shape index (κ2) is 6.95. The SMILES string of the molecule is COCCCCn1cc(CCC(=O)O)nn1. The first kappa shape index (κ1) is 12.6. The van der Waals surface area contributed by atoms with Gasteiger partial charge in [0.15, 0.2) is 0 Å². The number of aliphatic carboxylic acids is 1. The van der Waals surface area contributed by atoms with Gasteiger partial charge in [0.05, 0.1) is 12.1 Å². The maximum Gasteiger partial charge on any atom is 0.303 e. The second-order valence-corrected chi connectivity index (χ2v) is 3.57. The van der Waals surface area contributed by atoms with Gasteiger partial charge in [-0.2, -0.15) is 0 Å². The van der Waals surface area contributed by atoms with Crippen LogP contribution in [0.15, 0.2) is 6.20 Å². The average molecular weight is 227 g/mol. The van der Waals surface area contributed by atoms with Crippen molar-refractivity contribution in [2.24, 2.45) is 0 Å². The van der Waals surface area contributed by atoms with Crippen LogP contribution in [-0.2, 0) is 22.5 Å². The van der Waals surface area contributed by atoms with E-state index in [0.717, 1.165) is 31.7 Å². The fourth-order valence-electron chi connectivity index (χ4n) is 1.32. The molecular weight excluding hydrogens is 210 g/mol. The molecule has 90 valence electrons. The topological polar surface area (TPSA) is 77.2 Å². The monoisotopic (exact) mass is 227 g/mol. The van der Waals surface area contributed by atoms with Crippen molar-refractivity contribution in [3.63, 3.8) is 0 Å².